The number of carbonyl (C=O) groups is 1. The van der Waals surface area contributed by atoms with Crippen molar-refractivity contribution in [3.63, 3.8) is 0 Å². The Morgan fingerprint density at radius 1 is 1.18 bits per heavy atom. The Morgan fingerprint density at radius 3 is 2.12 bits per heavy atom. The predicted octanol–water partition coefficient (Wildman–Crippen LogP) is 3.91. The molecule has 0 amide bonds. The van der Waals surface area contributed by atoms with Crippen LogP contribution in [0.5, 0.6) is 0 Å². The molecular weight excluding hydrogens is 212 g/mol. The van der Waals surface area contributed by atoms with Crippen LogP contribution in [-0.2, 0) is 4.79 Å². The summed E-state index contributed by atoms with van der Waals surface area (Å²) >= 11 is 0. The van der Waals surface area contributed by atoms with E-state index in [9.17, 15) is 4.79 Å². The van der Waals surface area contributed by atoms with Gasteiger partial charge in [0.1, 0.15) is 0 Å². The zero-order chi connectivity index (χ0) is 13.0. The molecule has 0 radical (unpaired) electrons. The molecule has 2 nitrogen and oxygen atoms in total. The Morgan fingerprint density at radius 2 is 1.71 bits per heavy atom. The van der Waals surface area contributed by atoms with Gasteiger partial charge in [-0.1, -0.05) is 43.2 Å². The Labute approximate surface area is 104 Å². The van der Waals surface area contributed by atoms with Crippen LogP contribution in [0.25, 0.3) is 0 Å². The number of carboxylic acid groups (broad SMARTS) is 1. The first-order valence-electron chi connectivity index (χ1n) is 6.18. The first kappa shape index (κ1) is 13.8. The lowest BCUT2D eigenvalue weighted by Gasteiger charge is -2.18. The molecule has 1 rings (SSSR count). The Bertz CT molecular complexity index is 374. The summed E-state index contributed by atoms with van der Waals surface area (Å²) in [5.74, 6) is -0.0684. The van der Waals surface area contributed by atoms with Crippen molar-refractivity contribution in [2.75, 3.05) is 0 Å². The summed E-state index contributed by atoms with van der Waals surface area (Å²) < 4.78 is 0. The van der Waals surface area contributed by atoms with Crippen molar-refractivity contribution in [1.29, 1.82) is 0 Å². The average Bonchev–Trinajstić information content (AvgIpc) is 2.13. The summed E-state index contributed by atoms with van der Waals surface area (Å²) in [7, 11) is 0. The van der Waals surface area contributed by atoms with Gasteiger partial charge in [-0.05, 0) is 37.7 Å². The summed E-state index contributed by atoms with van der Waals surface area (Å²) in [5, 5.41) is 9.00. The maximum atomic E-state index is 10.9. The fourth-order valence-corrected chi connectivity index (χ4v) is 2.36. The molecule has 1 atom stereocenters. The largest absolute Gasteiger partial charge is 0.481 e. The second-order valence-electron chi connectivity index (χ2n) is 5.35. The van der Waals surface area contributed by atoms with Crippen LogP contribution < -0.4 is 0 Å². The minimum atomic E-state index is -0.713. The van der Waals surface area contributed by atoms with Gasteiger partial charge in [-0.3, -0.25) is 4.79 Å². The van der Waals surface area contributed by atoms with E-state index in [1.807, 2.05) is 0 Å². The SMILES string of the molecule is Cc1cc(C)cc(C(CC(=O)O)CC(C)C)c1. The van der Waals surface area contributed by atoms with Crippen LogP contribution in [0.4, 0.5) is 0 Å². The number of aryl methyl sites for hydroxylation is 2. The first-order valence-corrected chi connectivity index (χ1v) is 6.18. The average molecular weight is 234 g/mol. The lowest BCUT2D eigenvalue weighted by Crippen LogP contribution is -2.09. The van der Waals surface area contributed by atoms with Crippen molar-refractivity contribution >= 4 is 5.97 Å². The van der Waals surface area contributed by atoms with E-state index >= 15 is 0 Å². The monoisotopic (exact) mass is 234 g/mol. The highest BCUT2D eigenvalue weighted by Gasteiger charge is 2.17. The van der Waals surface area contributed by atoms with Crippen molar-refractivity contribution in [2.24, 2.45) is 5.92 Å². The third-order valence-corrected chi connectivity index (χ3v) is 2.89. The van der Waals surface area contributed by atoms with Gasteiger partial charge in [0.15, 0.2) is 0 Å². The highest BCUT2D eigenvalue weighted by Crippen LogP contribution is 2.28. The first-order chi connectivity index (χ1) is 7.88. The van der Waals surface area contributed by atoms with Gasteiger partial charge in [-0.25, -0.2) is 0 Å². The van der Waals surface area contributed by atoms with Gasteiger partial charge in [-0.15, -0.1) is 0 Å². The number of rotatable bonds is 5. The lowest BCUT2D eigenvalue weighted by atomic mass is 9.86. The molecule has 1 unspecified atom stereocenters. The van der Waals surface area contributed by atoms with Crippen molar-refractivity contribution in [3.8, 4) is 0 Å². The molecule has 2 heteroatoms. The molecule has 1 aromatic rings. The van der Waals surface area contributed by atoms with E-state index in [4.69, 9.17) is 5.11 Å². The lowest BCUT2D eigenvalue weighted by molar-refractivity contribution is -0.137. The number of hydrogen-bond donors (Lipinski definition) is 1. The Hall–Kier alpha value is -1.31. The molecule has 0 fully saturated rings. The van der Waals surface area contributed by atoms with Gasteiger partial charge in [0.25, 0.3) is 0 Å². The summed E-state index contributed by atoms with van der Waals surface area (Å²) in [5.41, 5.74) is 3.58. The van der Waals surface area contributed by atoms with E-state index in [1.165, 1.54) is 16.7 Å². The number of hydrogen-bond acceptors (Lipinski definition) is 1. The maximum absolute atomic E-state index is 10.9. The highest BCUT2D eigenvalue weighted by molar-refractivity contribution is 5.68. The van der Waals surface area contributed by atoms with Crippen LogP contribution in [0, 0.1) is 19.8 Å². The van der Waals surface area contributed by atoms with Gasteiger partial charge < -0.3 is 5.11 Å². The summed E-state index contributed by atoms with van der Waals surface area (Å²) in [6.07, 6.45) is 1.15. The van der Waals surface area contributed by atoms with E-state index < -0.39 is 5.97 Å². The van der Waals surface area contributed by atoms with Crippen LogP contribution in [0.1, 0.15) is 49.3 Å². The van der Waals surface area contributed by atoms with Crippen molar-refractivity contribution in [3.05, 3.63) is 34.9 Å². The van der Waals surface area contributed by atoms with E-state index in [2.05, 4.69) is 45.9 Å². The van der Waals surface area contributed by atoms with Gasteiger partial charge in [0.05, 0.1) is 6.42 Å². The Kier molecular flexibility index (Phi) is 4.73. The zero-order valence-corrected chi connectivity index (χ0v) is 11.2. The summed E-state index contributed by atoms with van der Waals surface area (Å²) in [6, 6.07) is 6.35. The minimum Gasteiger partial charge on any atom is -0.481 e. The Balaban J connectivity index is 2.98. The third kappa shape index (κ3) is 4.59. The van der Waals surface area contributed by atoms with Crippen molar-refractivity contribution in [2.45, 2.75) is 46.5 Å². The van der Waals surface area contributed by atoms with Gasteiger partial charge in [-0.2, -0.15) is 0 Å². The molecule has 0 spiro atoms. The normalized spacial score (nSPS) is 12.8. The van der Waals surface area contributed by atoms with Crippen LogP contribution in [0.3, 0.4) is 0 Å². The number of carboxylic acids is 1. The third-order valence-electron chi connectivity index (χ3n) is 2.89. The highest BCUT2D eigenvalue weighted by atomic mass is 16.4. The predicted molar refractivity (Wildman–Crippen MR) is 70.4 cm³/mol. The second-order valence-corrected chi connectivity index (χ2v) is 5.35. The van der Waals surface area contributed by atoms with E-state index in [1.54, 1.807) is 0 Å². The molecule has 0 aromatic heterocycles. The molecule has 94 valence electrons. The molecule has 1 N–H and O–H groups in total. The zero-order valence-electron chi connectivity index (χ0n) is 11.2. The van der Waals surface area contributed by atoms with Crippen molar-refractivity contribution in [1.82, 2.24) is 0 Å². The molecule has 0 aliphatic rings. The van der Waals surface area contributed by atoms with Crippen molar-refractivity contribution < 1.29 is 9.90 Å². The fraction of sp³-hybridized carbons (Fsp3) is 0.533. The number of benzene rings is 1. The van der Waals surface area contributed by atoms with E-state index in [0.717, 1.165) is 6.42 Å². The topological polar surface area (TPSA) is 37.3 Å². The molecule has 17 heavy (non-hydrogen) atoms. The van der Waals surface area contributed by atoms with Crippen LogP contribution >= 0.6 is 0 Å². The maximum Gasteiger partial charge on any atom is 0.303 e. The van der Waals surface area contributed by atoms with E-state index in [-0.39, 0.29) is 12.3 Å². The molecule has 0 aliphatic heterocycles. The summed E-state index contributed by atoms with van der Waals surface area (Å²) in [6.45, 7) is 8.39. The van der Waals surface area contributed by atoms with E-state index in [0.29, 0.717) is 5.92 Å². The van der Waals surface area contributed by atoms with Gasteiger partial charge >= 0.3 is 5.97 Å². The van der Waals surface area contributed by atoms with Gasteiger partial charge in [0.2, 0.25) is 0 Å². The molecule has 0 aliphatic carbocycles. The summed E-state index contributed by atoms with van der Waals surface area (Å²) in [4.78, 5) is 10.9. The molecular formula is C15H22O2. The molecule has 0 saturated carbocycles. The minimum absolute atomic E-state index is 0.131. The fourth-order valence-electron chi connectivity index (χ4n) is 2.36. The van der Waals surface area contributed by atoms with Crippen LogP contribution in [0.2, 0.25) is 0 Å². The smallest absolute Gasteiger partial charge is 0.303 e. The van der Waals surface area contributed by atoms with Crippen LogP contribution in [0.15, 0.2) is 18.2 Å². The number of aliphatic carboxylic acids is 1. The second kappa shape index (κ2) is 5.85. The van der Waals surface area contributed by atoms with Crippen LogP contribution in [-0.4, -0.2) is 11.1 Å². The quantitative estimate of drug-likeness (QED) is 0.838. The molecule has 1 aromatic carbocycles. The molecule has 0 heterocycles. The standard InChI is InChI=1S/C15H22O2/c1-10(2)5-13(9-15(16)17)14-7-11(3)6-12(4)8-14/h6-8,10,13H,5,9H2,1-4H3,(H,16,17). The molecule has 0 bridgehead atoms. The van der Waals surface area contributed by atoms with Gasteiger partial charge in [0, 0.05) is 0 Å². The molecule has 0 saturated heterocycles.